The molecule has 0 amide bonds. The Bertz CT molecular complexity index is 616. The predicted molar refractivity (Wildman–Crippen MR) is 64.4 cm³/mol. The minimum absolute atomic E-state index is 0.107. The lowest BCUT2D eigenvalue weighted by Crippen LogP contribution is -2.21. The van der Waals surface area contributed by atoms with Gasteiger partial charge in [-0.25, -0.2) is 0 Å². The maximum Gasteiger partial charge on any atom is 0.482 e. The number of para-hydroxylation sites is 1. The van der Waals surface area contributed by atoms with Crippen molar-refractivity contribution in [3.63, 3.8) is 0 Å². The van der Waals surface area contributed by atoms with Crippen molar-refractivity contribution in [2.75, 3.05) is 5.32 Å². The number of benzene rings is 1. The van der Waals surface area contributed by atoms with Crippen LogP contribution in [0.2, 0.25) is 0 Å². The smallest absolute Gasteiger partial charge is 0.297 e. The van der Waals surface area contributed by atoms with Crippen LogP contribution >= 0.6 is 0 Å². The van der Waals surface area contributed by atoms with Crippen LogP contribution in [0.4, 0.5) is 32.0 Å². The number of hydrogen-bond donors (Lipinski definition) is 1. The molecule has 1 aromatic heterocycles. The van der Waals surface area contributed by atoms with Gasteiger partial charge >= 0.3 is 12.5 Å². The zero-order valence-electron chi connectivity index (χ0n) is 10.3. The van der Waals surface area contributed by atoms with E-state index in [2.05, 4.69) is 4.98 Å². The number of alkyl halides is 6. The van der Waals surface area contributed by atoms with E-state index in [0.29, 0.717) is 0 Å². The van der Waals surface area contributed by atoms with E-state index in [0.717, 1.165) is 18.3 Å². The molecule has 2 nitrogen and oxygen atoms in total. The van der Waals surface area contributed by atoms with Crippen molar-refractivity contribution in [3.05, 3.63) is 48.3 Å². The highest BCUT2D eigenvalue weighted by Crippen LogP contribution is 2.33. The van der Waals surface area contributed by atoms with Gasteiger partial charge in [0.2, 0.25) is 0 Å². The number of nitrogens with zero attached hydrogens (tertiary/aromatic N) is 1. The summed E-state index contributed by atoms with van der Waals surface area (Å²) in [4.78, 5) is 3.23. The second-order valence-electron chi connectivity index (χ2n) is 4.10. The van der Waals surface area contributed by atoms with Crippen LogP contribution in [0.5, 0.6) is 0 Å². The molecule has 0 saturated carbocycles. The lowest BCUT2D eigenvalue weighted by molar-refractivity contribution is -0.141. The number of rotatable bonds is 2. The van der Waals surface area contributed by atoms with E-state index in [1.54, 1.807) is 0 Å². The van der Waals surface area contributed by atoms with E-state index in [9.17, 15) is 26.3 Å². The van der Waals surface area contributed by atoms with Crippen LogP contribution in [0, 0.1) is 0 Å². The van der Waals surface area contributed by atoms with Gasteiger partial charge < -0.3 is 0 Å². The molecule has 1 N–H and O–H groups in total. The molecule has 0 aliphatic carbocycles. The van der Waals surface area contributed by atoms with Crippen LogP contribution in [0.25, 0.3) is 11.1 Å². The van der Waals surface area contributed by atoms with Gasteiger partial charge in [-0.15, -0.1) is 0 Å². The molecule has 0 bridgehead atoms. The monoisotopic (exact) mass is 306 g/mol. The van der Waals surface area contributed by atoms with Crippen LogP contribution in [0.1, 0.15) is 5.69 Å². The summed E-state index contributed by atoms with van der Waals surface area (Å²) in [7, 11) is 0. The maximum absolute atomic E-state index is 12.4. The van der Waals surface area contributed by atoms with Gasteiger partial charge in [-0.3, -0.25) is 10.3 Å². The van der Waals surface area contributed by atoms with Crippen LogP contribution < -0.4 is 5.32 Å². The van der Waals surface area contributed by atoms with Gasteiger partial charge in [-0.05, 0) is 12.1 Å². The van der Waals surface area contributed by atoms with Gasteiger partial charge in [0.1, 0.15) is 5.69 Å². The first kappa shape index (κ1) is 15.1. The fraction of sp³-hybridized carbons (Fsp3) is 0.154. The van der Waals surface area contributed by atoms with Crippen molar-refractivity contribution in [2.24, 2.45) is 0 Å². The third kappa shape index (κ3) is 3.87. The second-order valence-corrected chi connectivity index (χ2v) is 4.10. The second kappa shape index (κ2) is 5.27. The Labute approximate surface area is 115 Å². The van der Waals surface area contributed by atoms with Gasteiger partial charge in [0.25, 0.3) is 0 Å². The highest BCUT2D eigenvalue weighted by molar-refractivity contribution is 5.77. The molecule has 2 aromatic rings. The normalized spacial score (nSPS) is 12.3. The first-order chi connectivity index (χ1) is 9.67. The van der Waals surface area contributed by atoms with Crippen molar-refractivity contribution in [3.8, 4) is 11.1 Å². The summed E-state index contributed by atoms with van der Waals surface area (Å²) in [6, 6.07) is 7.20. The average Bonchev–Trinajstić information content (AvgIpc) is 2.37. The Morgan fingerprint density at radius 2 is 1.52 bits per heavy atom. The Morgan fingerprint density at radius 1 is 0.857 bits per heavy atom. The third-order valence-corrected chi connectivity index (χ3v) is 2.57. The molecule has 1 aromatic carbocycles. The zero-order chi connectivity index (χ0) is 15.7. The number of aromatic nitrogens is 1. The minimum atomic E-state index is -4.64. The summed E-state index contributed by atoms with van der Waals surface area (Å²) in [6.07, 6.45) is -8.35. The molecule has 0 fully saturated rings. The van der Waals surface area contributed by atoms with E-state index in [-0.39, 0.29) is 16.8 Å². The number of pyridine rings is 1. The highest BCUT2D eigenvalue weighted by atomic mass is 19.4. The van der Waals surface area contributed by atoms with Crippen molar-refractivity contribution < 1.29 is 26.3 Å². The van der Waals surface area contributed by atoms with E-state index >= 15 is 0 Å². The Morgan fingerprint density at radius 3 is 2.05 bits per heavy atom. The van der Waals surface area contributed by atoms with E-state index < -0.39 is 18.2 Å². The summed E-state index contributed by atoms with van der Waals surface area (Å²) in [6.45, 7) is 0. The number of anilines is 1. The van der Waals surface area contributed by atoms with Crippen LogP contribution in [-0.4, -0.2) is 11.3 Å². The molecule has 0 radical (unpaired) electrons. The van der Waals surface area contributed by atoms with Crippen LogP contribution in [0.15, 0.2) is 42.6 Å². The summed E-state index contributed by atoms with van der Waals surface area (Å²) < 4.78 is 74.3. The molecule has 0 saturated heterocycles. The molecule has 21 heavy (non-hydrogen) atoms. The fourth-order valence-corrected chi connectivity index (χ4v) is 1.72. The number of nitrogens with one attached hydrogen (secondary N) is 1. The standard InChI is InChI=1S/C13H8F6N2/c14-12(15,16)11-6-5-8(7-20-11)9-3-1-2-4-10(9)21-13(17,18)19/h1-7,21H. The van der Waals surface area contributed by atoms with E-state index in [1.165, 1.54) is 29.6 Å². The molecule has 1 heterocycles. The number of hydrogen-bond acceptors (Lipinski definition) is 2. The van der Waals surface area contributed by atoms with Crippen molar-refractivity contribution in [1.82, 2.24) is 4.98 Å². The first-order valence-electron chi connectivity index (χ1n) is 5.64. The maximum atomic E-state index is 12.4. The molecule has 0 aliphatic rings. The summed E-state index contributed by atoms with van der Waals surface area (Å²) >= 11 is 0. The SMILES string of the molecule is FC(F)(F)Nc1ccccc1-c1ccc(C(F)(F)F)nc1. The van der Waals surface area contributed by atoms with Gasteiger partial charge in [-0.1, -0.05) is 24.3 Å². The Balaban J connectivity index is 2.38. The largest absolute Gasteiger partial charge is 0.482 e. The van der Waals surface area contributed by atoms with E-state index in [1.807, 2.05) is 0 Å². The van der Waals surface area contributed by atoms with Crippen molar-refractivity contribution in [2.45, 2.75) is 12.5 Å². The molecular formula is C13H8F6N2. The van der Waals surface area contributed by atoms with Gasteiger partial charge in [0.05, 0.1) is 0 Å². The number of halogens is 6. The highest BCUT2D eigenvalue weighted by Gasteiger charge is 2.32. The molecular weight excluding hydrogens is 298 g/mol. The Hall–Kier alpha value is -2.25. The van der Waals surface area contributed by atoms with Gasteiger partial charge in [-0.2, -0.15) is 26.3 Å². The van der Waals surface area contributed by atoms with E-state index in [4.69, 9.17) is 0 Å². The first-order valence-corrected chi connectivity index (χ1v) is 5.64. The summed E-state index contributed by atoms with van der Waals surface area (Å²) in [5.74, 6) is 0. The minimum Gasteiger partial charge on any atom is -0.297 e. The van der Waals surface area contributed by atoms with Crippen LogP contribution in [-0.2, 0) is 6.18 Å². The lowest BCUT2D eigenvalue weighted by Gasteiger charge is -2.14. The zero-order valence-corrected chi connectivity index (χ0v) is 10.3. The molecule has 112 valence electrons. The topological polar surface area (TPSA) is 24.9 Å². The van der Waals surface area contributed by atoms with Crippen molar-refractivity contribution >= 4 is 5.69 Å². The Kier molecular flexibility index (Phi) is 3.80. The lowest BCUT2D eigenvalue weighted by atomic mass is 10.1. The van der Waals surface area contributed by atoms with Crippen LogP contribution in [0.3, 0.4) is 0 Å². The molecule has 0 aliphatic heterocycles. The average molecular weight is 306 g/mol. The predicted octanol–water partition coefficient (Wildman–Crippen LogP) is 4.70. The molecule has 0 atom stereocenters. The third-order valence-electron chi connectivity index (χ3n) is 2.57. The van der Waals surface area contributed by atoms with Gasteiger partial charge in [0.15, 0.2) is 0 Å². The molecule has 0 unspecified atom stereocenters. The fourth-order valence-electron chi connectivity index (χ4n) is 1.72. The summed E-state index contributed by atoms with van der Waals surface area (Å²) in [5, 5.41) is 1.34. The quantitative estimate of drug-likeness (QED) is 0.642. The molecule has 2 rings (SSSR count). The summed E-state index contributed by atoms with van der Waals surface area (Å²) in [5.41, 5.74) is -1.11. The van der Waals surface area contributed by atoms with Gasteiger partial charge in [0, 0.05) is 23.0 Å². The van der Waals surface area contributed by atoms with Crippen molar-refractivity contribution in [1.29, 1.82) is 0 Å². The molecule has 8 heteroatoms. The molecule has 0 spiro atoms.